The second-order valence-electron chi connectivity index (χ2n) is 3.02. The van der Waals surface area contributed by atoms with Gasteiger partial charge in [0.1, 0.15) is 6.61 Å². The fourth-order valence-corrected chi connectivity index (χ4v) is 1.23. The smallest absolute Gasteiger partial charge is 0.338 e. The molecule has 0 heterocycles. The van der Waals surface area contributed by atoms with E-state index in [1.54, 1.807) is 12.1 Å². The normalized spacial score (nSPS) is 9.81. The maximum atomic E-state index is 11.4. The first-order valence-electron chi connectivity index (χ1n) is 4.44. The molecule has 1 aromatic rings. The zero-order valence-electron chi connectivity index (χ0n) is 8.27. The fraction of sp³-hybridized carbons (Fsp3) is 0.200. The van der Waals surface area contributed by atoms with Gasteiger partial charge in [0.2, 0.25) is 0 Å². The quantitative estimate of drug-likeness (QED) is 0.649. The molecular weight excluding hydrogens is 278 g/mol. The van der Waals surface area contributed by atoms with Gasteiger partial charge in [-0.3, -0.25) is 4.79 Å². The largest absolute Gasteiger partial charge is 0.481 e. The van der Waals surface area contributed by atoms with Gasteiger partial charge in [0.15, 0.2) is 0 Å². The third-order valence-electron chi connectivity index (χ3n) is 1.78. The van der Waals surface area contributed by atoms with Crippen molar-refractivity contribution in [3.63, 3.8) is 0 Å². The van der Waals surface area contributed by atoms with Gasteiger partial charge in [0.25, 0.3) is 0 Å². The fourth-order valence-electron chi connectivity index (χ4n) is 0.985. The van der Waals surface area contributed by atoms with Gasteiger partial charge in [-0.05, 0) is 34.1 Å². The molecule has 0 spiro atoms. The number of carboxylic acids is 1. The zero-order valence-corrected chi connectivity index (χ0v) is 9.86. The number of nitrogens with two attached hydrogens (primary N) is 1. The monoisotopic (exact) mass is 287 g/mol. The molecule has 5 nitrogen and oxygen atoms in total. The molecule has 0 aliphatic rings. The van der Waals surface area contributed by atoms with E-state index in [2.05, 4.69) is 15.9 Å². The number of carbonyl (C=O) groups excluding carboxylic acids is 1. The molecule has 0 aliphatic heterocycles. The molecule has 0 aliphatic carbocycles. The van der Waals surface area contributed by atoms with Gasteiger partial charge in [0, 0.05) is 10.2 Å². The molecule has 0 fully saturated rings. The van der Waals surface area contributed by atoms with Crippen LogP contribution < -0.4 is 5.73 Å². The molecule has 0 saturated carbocycles. The number of nitrogen functional groups attached to an aromatic ring is 1. The Balaban J connectivity index is 2.59. The second-order valence-corrected chi connectivity index (χ2v) is 3.87. The molecule has 0 unspecified atom stereocenters. The van der Waals surface area contributed by atoms with Gasteiger partial charge in [-0.15, -0.1) is 0 Å². The van der Waals surface area contributed by atoms with Crippen molar-refractivity contribution in [2.45, 2.75) is 6.42 Å². The van der Waals surface area contributed by atoms with Crippen LogP contribution in [0.25, 0.3) is 0 Å². The van der Waals surface area contributed by atoms with Crippen molar-refractivity contribution in [3.05, 3.63) is 28.2 Å². The van der Waals surface area contributed by atoms with Crippen molar-refractivity contribution in [1.82, 2.24) is 0 Å². The number of anilines is 1. The maximum Gasteiger partial charge on any atom is 0.338 e. The first-order chi connectivity index (χ1) is 7.50. The van der Waals surface area contributed by atoms with Crippen LogP contribution in [0.15, 0.2) is 22.7 Å². The first kappa shape index (κ1) is 12.5. The highest BCUT2D eigenvalue weighted by molar-refractivity contribution is 9.10. The Labute approximate surface area is 100 Å². The van der Waals surface area contributed by atoms with Crippen molar-refractivity contribution in [1.29, 1.82) is 0 Å². The van der Waals surface area contributed by atoms with E-state index in [0.717, 1.165) is 0 Å². The molecule has 0 saturated heterocycles. The summed E-state index contributed by atoms with van der Waals surface area (Å²) < 4.78 is 5.43. The predicted octanol–water partition coefficient (Wildman–Crippen LogP) is 1.66. The highest BCUT2D eigenvalue weighted by Crippen LogP contribution is 2.20. The van der Waals surface area contributed by atoms with Crippen LogP contribution in [-0.2, 0) is 9.53 Å². The van der Waals surface area contributed by atoms with Gasteiger partial charge in [-0.2, -0.15) is 0 Å². The Morgan fingerprint density at radius 1 is 1.44 bits per heavy atom. The Morgan fingerprint density at radius 2 is 2.12 bits per heavy atom. The van der Waals surface area contributed by atoms with E-state index in [-0.39, 0.29) is 13.0 Å². The number of halogens is 1. The third kappa shape index (κ3) is 3.54. The molecule has 16 heavy (non-hydrogen) atoms. The summed E-state index contributed by atoms with van der Waals surface area (Å²) in [5.41, 5.74) is 6.31. The number of hydrogen-bond donors (Lipinski definition) is 2. The number of benzene rings is 1. The van der Waals surface area contributed by atoms with Crippen LogP contribution in [0.2, 0.25) is 0 Å². The highest BCUT2D eigenvalue weighted by Gasteiger charge is 2.09. The van der Waals surface area contributed by atoms with E-state index >= 15 is 0 Å². The molecule has 0 bridgehead atoms. The summed E-state index contributed by atoms with van der Waals surface area (Å²) in [7, 11) is 0. The minimum Gasteiger partial charge on any atom is -0.481 e. The Kier molecular flexibility index (Phi) is 4.30. The molecular formula is C10H10BrNO4. The van der Waals surface area contributed by atoms with Crippen molar-refractivity contribution in [3.8, 4) is 0 Å². The lowest BCUT2D eigenvalue weighted by Gasteiger charge is -2.04. The van der Waals surface area contributed by atoms with Crippen molar-refractivity contribution < 1.29 is 19.4 Å². The van der Waals surface area contributed by atoms with E-state index in [4.69, 9.17) is 15.6 Å². The van der Waals surface area contributed by atoms with E-state index in [0.29, 0.717) is 15.7 Å². The molecule has 3 N–H and O–H groups in total. The lowest BCUT2D eigenvalue weighted by molar-refractivity contribution is -0.137. The molecule has 0 atom stereocenters. The summed E-state index contributed by atoms with van der Waals surface area (Å²) in [5.74, 6) is -1.59. The molecule has 1 aromatic carbocycles. The van der Waals surface area contributed by atoms with Gasteiger partial charge in [0.05, 0.1) is 12.0 Å². The number of aliphatic carboxylic acids is 1. The molecule has 0 amide bonds. The lowest BCUT2D eigenvalue weighted by atomic mass is 10.2. The van der Waals surface area contributed by atoms with Crippen molar-refractivity contribution in [2.75, 3.05) is 12.3 Å². The number of carboxylic acid groups (broad SMARTS) is 1. The number of esters is 1. The molecule has 0 aromatic heterocycles. The van der Waals surface area contributed by atoms with Crippen LogP contribution in [-0.4, -0.2) is 23.7 Å². The Morgan fingerprint density at radius 3 is 2.69 bits per heavy atom. The van der Waals surface area contributed by atoms with Crippen LogP contribution in [0.4, 0.5) is 5.69 Å². The first-order valence-corrected chi connectivity index (χ1v) is 5.24. The van der Waals surface area contributed by atoms with Gasteiger partial charge in [-0.25, -0.2) is 4.79 Å². The lowest BCUT2D eigenvalue weighted by Crippen LogP contribution is -2.10. The van der Waals surface area contributed by atoms with Gasteiger partial charge in [-0.1, -0.05) is 0 Å². The van der Waals surface area contributed by atoms with Crippen LogP contribution in [0.3, 0.4) is 0 Å². The standard InChI is InChI=1S/C10H10BrNO4/c11-7-2-1-6(5-8(7)12)10(15)16-4-3-9(13)14/h1-2,5H,3-4,12H2,(H,13,14). The minimum absolute atomic E-state index is 0.149. The minimum atomic E-state index is -1.01. The summed E-state index contributed by atoms with van der Waals surface area (Å²) >= 11 is 3.20. The number of rotatable bonds is 4. The summed E-state index contributed by atoms with van der Waals surface area (Å²) in [5, 5.41) is 8.36. The number of carbonyl (C=O) groups is 2. The predicted molar refractivity (Wildman–Crippen MR) is 61.1 cm³/mol. The zero-order chi connectivity index (χ0) is 12.1. The third-order valence-corrected chi connectivity index (χ3v) is 2.50. The summed E-state index contributed by atoms with van der Waals surface area (Å²) in [4.78, 5) is 21.6. The summed E-state index contributed by atoms with van der Waals surface area (Å²) in [6, 6.07) is 4.64. The molecule has 86 valence electrons. The van der Waals surface area contributed by atoms with Crippen molar-refractivity contribution >= 4 is 33.6 Å². The van der Waals surface area contributed by atoms with E-state index in [1.807, 2.05) is 0 Å². The van der Waals surface area contributed by atoms with E-state index in [9.17, 15) is 9.59 Å². The highest BCUT2D eigenvalue weighted by atomic mass is 79.9. The summed E-state index contributed by atoms with van der Waals surface area (Å²) in [6.07, 6.45) is -0.211. The average Bonchev–Trinajstić information content (AvgIpc) is 2.21. The van der Waals surface area contributed by atoms with Crippen LogP contribution >= 0.6 is 15.9 Å². The van der Waals surface area contributed by atoms with Crippen LogP contribution in [0, 0.1) is 0 Å². The molecule has 0 radical (unpaired) electrons. The SMILES string of the molecule is Nc1cc(C(=O)OCCC(=O)O)ccc1Br. The maximum absolute atomic E-state index is 11.4. The van der Waals surface area contributed by atoms with Gasteiger partial charge >= 0.3 is 11.9 Å². The average molecular weight is 288 g/mol. The molecule has 1 rings (SSSR count). The Bertz CT molecular complexity index is 419. The van der Waals surface area contributed by atoms with Crippen LogP contribution in [0.5, 0.6) is 0 Å². The number of ether oxygens (including phenoxy) is 1. The van der Waals surface area contributed by atoms with E-state index in [1.165, 1.54) is 6.07 Å². The van der Waals surface area contributed by atoms with E-state index < -0.39 is 11.9 Å². The van der Waals surface area contributed by atoms with Crippen molar-refractivity contribution in [2.24, 2.45) is 0 Å². The van der Waals surface area contributed by atoms with Crippen LogP contribution in [0.1, 0.15) is 16.8 Å². The topological polar surface area (TPSA) is 89.6 Å². The summed E-state index contributed by atoms with van der Waals surface area (Å²) in [6.45, 7) is -0.149. The van der Waals surface area contributed by atoms with Gasteiger partial charge < -0.3 is 15.6 Å². The molecule has 6 heteroatoms. The Hall–Kier alpha value is -1.56. The number of hydrogen-bond acceptors (Lipinski definition) is 4. The second kappa shape index (κ2) is 5.50.